The van der Waals surface area contributed by atoms with Gasteiger partial charge in [-0.15, -0.1) is 0 Å². The van der Waals surface area contributed by atoms with Crippen LogP contribution in [0.25, 0.3) is 10.8 Å². The summed E-state index contributed by atoms with van der Waals surface area (Å²) in [7, 11) is 1.74. The highest BCUT2D eigenvalue weighted by atomic mass is 35.5. The fourth-order valence-corrected chi connectivity index (χ4v) is 3.12. The van der Waals surface area contributed by atoms with Crippen LogP contribution in [-0.4, -0.2) is 30.3 Å². The molecule has 0 aromatic heterocycles. The van der Waals surface area contributed by atoms with Gasteiger partial charge in [0.15, 0.2) is 0 Å². The first-order valence-corrected chi connectivity index (χ1v) is 9.16. The van der Waals surface area contributed by atoms with E-state index in [1.54, 1.807) is 24.1 Å². The van der Waals surface area contributed by atoms with Gasteiger partial charge in [0.25, 0.3) is 5.91 Å². The molecule has 0 bridgehead atoms. The van der Waals surface area contributed by atoms with Crippen molar-refractivity contribution in [2.75, 3.05) is 13.6 Å². The van der Waals surface area contributed by atoms with Crippen molar-refractivity contribution >= 4 is 34.2 Å². The van der Waals surface area contributed by atoms with E-state index in [-0.39, 0.29) is 18.2 Å². The number of nitrogens with zero attached hydrogens (tertiary/aromatic N) is 1. The minimum atomic E-state index is -0.175. The van der Waals surface area contributed by atoms with Crippen molar-refractivity contribution in [1.29, 1.82) is 0 Å². The molecule has 0 aliphatic rings. The first-order chi connectivity index (χ1) is 13.0. The zero-order valence-electron chi connectivity index (χ0n) is 15.1. The Morgan fingerprint density at radius 3 is 2.52 bits per heavy atom. The van der Waals surface area contributed by atoms with Crippen LogP contribution in [0, 0.1) is 0 Å². The van der Waals surface area contributed by atoms with Gasteiger partial charge in [-0.3, -0.25) is 9.59 Å². The molecule has 0 radical (unpaired) electrons. The highest BCUT2D eigenvalue weighted by molar-refractivity contribution is 6.30. The minimum Gasteiger partial charge on any atom is -0.352 e. The van der Waals surface area contributed by atoms with E-state index in [0.29, 0.717) is 23.7 Å². The van der Waals surface area contributed by atoms with Crippen molar-refractivity contribution in [2.24, 2.45) is 0 Å². The maximum Gasteiger partial charge on any atom is 0.251 e. The van der Waals surface area contributed by atoms with Crippen molar-refractivity contribution in [3.05, 3.63) is 82.9 Å². The highest BCUT2D eigenvalue weighted by Crippen LogP contribution is 2.15. The normalized spacial score (nSPS) is 10.6. The summed E-state index contributed by atoms with van der Waals surface area (Å²) in [4.78, 5) is 26.2. The van der Waals surface area contributed by atoms with E-state index in [9.17, 15) is 9.59 Å². The zero-order chi connectivity index (χ0) is 19.2. The Bertz CT molecular complexity index is 971. The van der Waals surface area contributed by atoms with Gasteiger partial charge in [-0.05, 0) is 40.6 Å². The van der Waals surface area contributed by atoms with Crippen molar-refractivity contribution in [2.45, 2.75) is 13.0 Å². The molecule has 4 nitrogen and oxygen atoms in total. The van der Waals surface area contributed by atoms with Crippen LogP contribution in [0.1, 0.15) is 22.3 Å². The minimum absolute atomic E-state index is 0.0335. The van der Waals surface area contributed by atoms with Crippen molar-refractivity contribution in [3.63, 3.8) is 0 Å². The average Bonchev–Trinajstić information content (AvgIpc) is 2.67. The Balaban J connectivity index is 1.50. The predicted octanol–water partition coefficient (Wildman–Crippen LogP) is 4.27. The lowest BCUT2D eigenvalue weighted by molar-refractivity contribution is -0.130. The number of nitrogens with one attached hydrogen (secondary N) is 1. The summed E-state index contributed by atoms with van der Waals surface area (Å²) in [5, 5.41) is 5.57. The molecule has 27 heavy (non-hydrogen) atoms. The van der Waals surface area contributed by atoms with Crippen LogP contribution in [0.15, 0.2) is 66.7 Å². The monoisotopic (exact) mass is 380 g/mol. The molecule has 3 aromatic rings. The quantitative estimate of drug-likeness (QED) is 0.694. The van der Waals surface area contributed by atoms with Crippen LogP contribution in [-0.2, 0) is 11.3 Å². The third-order valence-corrected chi connectivity index (χ3v) is 4.61. The fourth-order valence-electron chi connectivity index (χ4n) is 2.90. The van der Waals surface area contributed by atoms with Gasteiger partial charge in [0, 0.05) is 37.1 Å². The molecule has 3 aromatic carbocycles. The molecule has 0 atom stereocenters. The van der Waals surface area contributed by atoms with E-state index in [0.717, 1.165) is 16.3 Å². The second-order valence-corrected chi connectivity index (χ2v) is 6.88. The Labute approximate surface area is 163 Å². The van der Waals surface area contributed by atoms with E-state index in [1.165, 1.54) is 0 Å². The molecule has 0 aliphatic heterocycles. The molecular formula is C22H21ClN2O2. The SMILES string of the molecule is CN(Cc1cccc(Cl)c1)C(=O)CCNC(=O)c1ccc2ccccc2c1. The summed E-state index contributed by atoms with van der Waals surface area (Å²) in [6.07, 6.45) is 0.246. The van der Waals surface area contributed by atoms with Crippen molar-refractivity contribution in [3.8, 4) is 0 Å². The predicted molar refractivity (Wildman–Crippen MR) is 109 cm³/mol. The highest BCUT2D eigenvalue weighted by Gasteiger charge is 2.11. The average molecular weight is 381 g/mol. The Morgan fingerprint density at radius 1 is 0.963 bits per heavy atom. The Kier molecular flexibility index (Phi) is 6.09. The number of hydrogen-bond acceptors (Lipinski definition) is 2. The number of benzene rings is 3. The summed E-state index contributed by atoms with van der Waals surface area (Å²) in [5.41, 5.74) is 1.56. The Hall–Kier alpha value is -2.85. The number of halogens is 1. The molecule has 2 amide bonds. The van der Waals surface area contributed by atoms with E-state index in [1.807, 2.05) is 54.6 Å². The standard InChI is InChI=1S/C22H21ClN2O2/c1-25(15-16-5-4-8-20(23)13-16)21(26)11-12-24-22(27)19-10-9-17-6-2-3-7-18(17)14-19/h2-10,13-14H,11-12,15H2,1H3,(H,24,27). The topological polar surface area (TPSA) is 49.4 Å². The molecular weight excluding hydrogens is 360 g/mol. The van der Waals surface area contributed by atoms with Gasteiger partial charge < -0.3 is 10.2 Å². The number of rotatable bonds is 6. The molecule has 0 heterocycles. The van der Waals surface area contributed by atoms with E-state index < -0.39 is 0 Å². The summed E-state index contributed by atoms with van der Waals surface area (Å²) >= 11 is 5.97. The maximum absolute atomic E-state index is 12.3. The maximum atomic E-state index is 12.3. The molecule has 0 saturated carbocycles. The van der Waals surface area contributed by atoms with Gasteiger partial charge in [-0.2, -0.15) is 0 Å². The van der Waals surface area contributed by atoms with Crippen LogP contribution in [0.5, 0.6) is 0 Å². The molecule has 0 unspecified atom stereocenters. The van der Waals surface area contributed by atoms with E-state index in [2.05, 4.69) is 5.32 Å². The van der Waals surface area contributed by atoms with Crippen LogP contribution >= 0.6 is 11.6 Å². The summed E-state index contributed by atoms with van der Waals surface area (Å²) in [5.74, 6) is -0.208. The largest absolute Gasteiger partial charge is 0.352 e. The molecule has 0 fully saturated rings. The smallest absolute Gasteiger partial charge is 0.251 e. The lowest BCUT2D eigenvalue weighted by atomic mass is 10.1. The third-order valence-electron chi connectivity index (χ3n) is 4.37. The Morgan fingerprint density at radius 2 is 1.74 bits per heavy atom. The molecule has 1 N–H and O–H groups in total. The molecule has 0 spiro atoms. The number of amides is 2. The van der Waals surface area contributed by atoms with Gasteiger partial charge in [-0.25, -0.2) is 0 Å². The summed E-state index contributed by atoms with van der Waals surface area (Å²) in [6.45, 7) is 0.780. The lowest BCUT2D eigenvalue weighted by Gasteiger charge is -2.17. The number of carbonyl (C=O) groups excluding carboxylic acids is 2. The van der Waals surface area contributed by atoms with Gasteiger partial charge in [-0.1, -0.05) is 54.1 Å². The van der Waals surface area contributed by atoms with Gasteiger partial charge in [0.1, 0.15) is 0 Å². The van der Waals surface area contributed by atoms with Crippen LogP contribution in [0.2, 0.25) is 5.02 Å². The van der Waals surface area contributed by atoms with Crippen molar-refractivity contribution < 1.29 is 9.59 Å². The molecule has 0 aliphatic carbocycles. The number of hydrogen-bond donors (Lipinski definition) is 1. The van der Waals surface area contributed by atoms with Crippen LogP contribution in [0.3, 0.4) is 0 Å². The zero-order valence-corrected chi connectivity index (χ0v) is 15.9. The lowest BCUT2D eigenvalue weighted by Crippen LogP contribution is -2.31. The molecule has 138 valence electrons. The third kappa shape index (κ3) is 5.08. The summed E-state index contributed by atoms with van der Waals surface area (Å²) in [6, 6.07) is 20.9. The fraction of sp³-hybridized carbons (Fsp3) is 0.182. The van der Waals surface area contributed by atoms with Gasteiger partial charge in [0.2, 0.25) is 5.91 Å². The first kappa shape index (κ1) is 18.9. The van der Waals surface area contributed by atoms with Crippen LogP contribution < -0.4 is 5.32 Å². The molecule has 0 saturated heterocycles. The van der Waals surface area contributed by atoms with Gasteiger partial charge in [0.05, 0.1) is 0 Å². The number of fused-ring (bicyclic) bond motifs is 1. The van der Waals surface area contributed by atoms with E-state index in [4.69, 9.17) is 11.6 Å². The van der Waals surface area contributed by atoms with Crippen LogP contribution in [0.4, 0.5) is 0 Å². The first-order valence-electron chi connectivity index (χ1n) is 8.78. The second-order valence-electron chi connectivity index (χ2n) is 6.45. The van der Waals surface area contributed by atoms with E-state index >= 15 is 0 Å². The second kappa shape index (κ2) is 8.69. The molecule has 5 heteroatoms. The van der Waals surface area contributed by atoms with Crippen molar-refractivity contribution in [1.82, 2.24) is 10.2 Å². The molecule has 3 rings (SSSR count). The van der Waals surface area contributed by atoms with Gasteiger partial charge >= 0.3 is 0 Å². The number of carbonyl (C=O) groups is 2. The summed E-state index contributed by atoms with van der Waals surface area (Å²) < 4.78 is 0.